The SMILES string of the molecule is C=CCOc1cc2oc(=O)cc(C)c2cc1[N+](=O)[O-]. The Hall–Kier alpha value is -2.63. The molecule has 6 heteroatoms. The molecular weight excluding hydrogens is 250 g/mol. The first-order valence-corrected chi connectivity index (χ1v) is 5.49. The third-order valence-electron chi connectivity index (χ3n) is 2.58. The van der Waals surface area contributed by atoms with Crippen molar-refractivity contribution >= 4 is 16.7 Å². The van der Waals surface area contributed by atoms with Gasteiger partial charge in [0.15, 0.2) is 0 Å². The second-order valence-electron chi connectivity index (χ2n) is 3.92. The van der Waals surface area contributed by atoms with E-state index in [0.29, 0.717) is 10.9 Å². The lowest BCUT2D eigenvalue weighted by Crippen LogP contribution is -2.01. The molecule has 0 spiro atoms. The van der Waals surface area contributed by atoms with Crippen LogP contribution in [-0.4, -0.2) is 11.5 Å². The highest BCUT2D eigenvalue weighted by Gasteiger charge is 2.18. The van der Waals surface area contributed by atoms with Crippen LogP contribution in [0.3, 0.4) is 0 Å². The van der Waals surface area contributed by atoms with E-state index in [0.717, 1.165) is 0 Å². The number of benzene rings is 1. The molecular formula is C13H11NO5. The fourth-order valence-corrected chi connectivity index (χ4v) is 1.74. The lowest BCUT2D eigenvalue weighted by atomic mass is 10.1. The van der Waals surface area contributed by atoms with Crippen molar-refractivity contribution in [3.8, 4) is 5.75 Å². The van der Waals surface area contributed by atoms with Crippen LogP contribution >= 0.6 is 0 Å². The van der Waals surface area contributed by atoms with Crippen molar-refractivity contribution in [2.75, 3.05) is 6.61 Å². The third-order valence-corrected chi connectivity index (χ3v) is 2.58. The number of nitrogens with zero attached hydrogens (tertiary/aromatic N) is 1. The standard InChI is InChI=1S/C13H11NO5/c1-3-4-18-12-7-11-9(6-10(12)14(16)17)8(2)5-13(15)19-11/h3,5-7H,1,4H2,2H3. The number of fused-ring (bicyclic) bond motifs is 1. The van der Waals surface area contributed by atoms with Crippen LogP contribution in [0.2, 0.25) is 0 Å². The number of aryl methyl sites for hydroxylation is 1. The van der Waals surface area contributed by atoms with Crippen molar-refractivity contribution in [2.45, 2.75) is 6.92 Å². The number of nitro benzene ring substituents is 1. The first kappa shape index (κ1) is 12.8. The van der Waals surface area contributed by atoms with Gasteiger partial charge in [-0.2, -0.15) is 0 Å². The molecule has 0 aliphatic heterocycles. The maximum Gasteiger partial charge on any atom is 0.336 e. The minimum absolute atomic E-state index is 0.0474. The molecule has 0 aliphatic rings. The largest absolute Gasteiger partial charge is 0.482 e. The van der Waals surface area contributed by atoms with Crippen molar-refractivity contribution in [1.29, 1.82) is 0 Å². The van der Waals surface area contributed by atoms with Crippen LogP contribution in [0.4, 0.5) is 5.69 Å². The number of rotatable bonds is 4. The molecule has 2 rings (SSSR count). The molecule has 19 heavy (non-hydrogen) atoms. The summed E-state index contributed by atoms with van der Waals surface area (Å²) >= 11 is 0. The Morgan fingerprint density at radius 2 is 2.21 bits per heavy atom. The predicted octanol–water partition coefficient (Wildman–Crippen LogP) is 2.57. The summed E-state index contributed by atoms with van der Waals surface area (Å²) in [6.07, 6.45) is 1.47. The van der Waals surface area contributed by atoms with Crippen LogP contribution in [-0.2, 0) is 0 Å². The molecule has 1 heterocycles. The molecule has 6 nitrogen and oxygen atoms in total. The molecule has 2 aromatic rings. The van der Waals surface area contributed by atoms with Crippen LogP contribution in [0.15, 0.2) is 40.1 Å². The number of ether oxygens (including phenoxy) is 1. The Balaban J connectivity index is 2.72. The van der Waals surface area contributed by atoms with Crippen molar-refractivity contribution in [3.63, 3.8) is 0 Å². The molecule has 98 valence electrons. The maximum absolute atomic E-state index is 11.3. The zero-order valence-electron chi connectivity index (χ0n) is 10.2. The molecule has 0 N–H and O–H groups in total. The van der Waals surface area contributed by atoms with E-state index >= 15 is 0 Å². The van der Waals surface area contributed by atoms with Gasteiger partial charge in [-0.25, -0.2) is 4.79 Å². The van der Waals surface area contributed by atoms with Crippen molar-refractivity contribution in [3.05, 3.63) is 57.0 Å². The van der Waals surface area contributed by atoms with Gasteiger partial charge >= 0.3 is 11.3 Å². The third kappa shape index (κ3) is 2.47. The quantitative estimate of drug-likeness (QED) is 0.365. The normalized spacial score (nSPS) is 10.4. The van der Waals surface area contributed by atoms with Crippen LogP contribution in [0.25, 0.3) is 11.0 Å². The van der Waals surface area contributed by atoms with E-state index in [1.165, 1.54) is 24.3 Å². The van der Waals surface area contributed by atoms with Gasteiger partial charge in [0.2, 0.25) is 5.75 Å². The highest BCUT2D eigenvalue weighted by molar-refractivity contribution is 5.85. The Bertz CT molecular complexity index is 717. The van der Waals surface area contributed by atoms with Gasteiger partial charge in [-0.1, -0.05) is 12.7 Å². The molecule has 0 unspecified atom stereocenters. The second kappa shape index (κ2) is 4.93. The monoisotopic (exact) mass is 261 g/mol. The molecule has 0 saturated heterocycles. The fourth-order valence-electron chi connectivity index (χ4n) is 1.74. The van der Waals surface area contributed by atoms with Gasteiger partial charge in [0.1, 0.15) is 12.2 Å². The smallest absolute Gasteiger partial charge is 0.336 e. The van der Waals surface area contributed by atoms with E-state index in [9.17, 15) is 14.9 Å². The van der Waals surface area contributed by atoms with E-state index in [2.05, 4.69) is 6.58 Å². The van der Waals surface area contributed by atoms with Gasteiger partial charge in [-0.15, -0.1) is 0 Å². The fraction of sp³-hybridized carbons (Fsp3) is 0.154. The summed E-state index contributed by atoms with van der Waals surface area (Å²) in [6, 6.07) is 3.98. The number of nitro groups is 1. The van der Waals surface area contributed by atoms with E-state index in [4.69, 9.17) is 9.15 Å². The molecule has 0 aliphatic carbocycles. The van der Waals surface area contributed by atoms with Crippen LogP contribution in [0.5, 0.6) is 5.75 Å². The molecule has 0 atom stereocenters. The van der Waals surface area contributed by atoms with Crippen LogP contribution in [0.1, 0.15) is 5.56 Å². The van der Waals surface area contributed by atoms with Crippen LogP contribution in [0, 0.1) is 17.0 Å². The topological polar surface area (TPSA) is 82.6 Å². The summed E-state index contributed by atoms with van der Waals surface area (Å²) in [7, 11) is 0. The number of hydrogen-bond acceptors (Lipinski definition) is 5. The zero-order chi connectivity index (χ0) is 14.0. The maximum atomic E-state index is 11.3. The van der Waals surface area contributed by atoms with Gasteiger partial charge in [-0.05, 0) is 12.5 Å². The summed E-state index contributed by atoms with van der Waals surface area (Å²) in [5, 5.41) is 11.5. The van der Waals surface area contributed by atoms with Gasteiger partial charge in [0.05, 0.1) is 4.92 Å². The van der Waals surface area contributed by atoms with E-state index in [-0.39, 0.29) is 23.6 Å². The van der Waals surface area contributed by atoms with Gasteiger partial charge in [0.25, 0.3) is 0 Å². The highest BCUT2D eigenvalue weighted by atomic mass is 16.6. The van der Waals surface area contributed by atoms with E-state index in [1.807, 2.05) is 0 Å². The average molecular weight is 261 g/mol. The van der Waals surface area contributed by atoms with E-state index in [1.54, 1.807) is 6.92 Å². The first-order chi connectivity index (χ1) is 9.02. The van der Waals surface area contributed by atoms with Crippen molar-refractivity contribution < 1.29 is 14.1 Å². The van der Waals surface area contributed by atoms with Gasteiger partial charge < -0.3 is 9.15 Å². The molecule has 0 radical (unpaired) electrons. The molecule has 0 amide bonds. The lowest BCUT2D eigenvalue weighted by Gasteiger charge is -2.06. The minimum Gasteiger partial charge on any atom is -0.482 e. The van der Waals surface area contributed by atoms with Crippen molar-refractivity contribution in [2.24, 2.45) is 0 Å². The number of hydrogen-bond donors (Lipinski definition) is 0. The summed E-state index contributed by atoms with van der Waals surface area (Å²) in [5.41, 5.74) is 0.194. The van der Waals surface area contributed by atoms with Gasteiger partial charge in [0, 0.05) is 23.6 Å². The van der Waals surface area contributed by atoms with Crippen molar-refractivity contribution in [1.82, 2.24) is 0 Å². The molecule has 0 bridgehead atoms. The predicted molar refractivity (Wildman–Crippen MR) is 69.6 cm³/mol. The summed E-state index contributed by atoms with van der Waals surface area (Å²) in [5.74, 6) is 0.0474. The Morgan fingerprint density at radius 3 is 2.84 bits per heavy atom. The minimum atomic E-state index is -0.539. The highest BCUT2D eigenvalue weighted by Crippen LogP contribution is 2.32. The molecule has 0 saturated carbocycles. The summed E-state index contributed by atoms with van der Waals surface area (Å²) in [4.78, 5) is 21.8. The van der Waals surface area contributed by atoms with E-state index < -0.39 is 10.5 Å². The Kier molecular flexibility index (Phi) is 3.33. The lowest BCUT2D eigenvalue weighted by molar-refractivity contribution is -0.385. The first-order valence-electron chi connectivity index (χ1n) is 5.49. The van der Waals surface area contributed by atoms with Crippen LogP contribution < -0.4 is 10.4 Å². The Morgan fingerprint density at radius 1 is 1.47 bits per heavy atom. The average Bonchev–Trinajstić information content (AvgIpc) is 2.34. The Labute approximate surface area is 108 Å². The van der Waals surface area contributed by atoms with Gasteiger partial charge in [-0.3, -0.25) is 10.1 Å². The second-order valence-corrected chi connectivity index (χ2v) is 3.92. The molecule has 1 aromatic carbocycles. The molecule has 1 aromatic heterocycles. The summed E-state index contributed by atoms with van der Waals surface area (Å²) < 4.78 is 10.2. The zero-order valence-corrected chi connectivity index (χ0v) is 10.2. The molecule has 0 fully saturated rings. The summed E-state index contributed by atoms with van der Waals surface area (Å²) in [6.45, 7) is 5.29.